The van der Waals surface area contributed by atoms with Gasteiger partial charge in [0.15, 0.2) is 0 Å². The van der Waals surface area contributed by atoms with Gasteiger partial charge in [0.05, 0.1) is 0 Å². The van der Waals surface area contributed by atoms with Crippen molar-refractivity contribution in [2.75, 3.05) is 24.1 Å². The maximum atomic E-state index is 5.85. The fourth-order valence-corrected chi connectivity index (χ4v) is 2.24. The summed E-state index contributed by atoms with van der Waals surface area (Å²) in [6.45, 7) is 14.5. The van der Waals surface area contributed by atoms with Gasteiger partial charge in [0, 0.05) is 30.7 Å². The summed E-state index contributed by atoms with van der Waals surface area (Å²) >= 11 is 0. The van der Waals surface area contributed by atoms with E-state index in [2.05, 4.69) is 47.9 Å². The molecule has 1 heterocycles. The molecular formula is C14H27N5. The summed E-state index contributed by atoms with van der Waals surface area (Å²) in [6, 6.07) is 1.08. The van der Waals surface area contributed by atoms with Crippen LogP contribution in [0.4, 0.5) is 11.6 Å². The molecule has 5 nitrogen and oxygen atoms in total. The van der Waals surface area contributed by atoms with Crippen molar-refractivity contribution >= 4 is 11.6 Å². The van der Waals surface area contributed by atoms with E-state index >= 15 is 0 Å². The van der Waals surface area contributed by atoms with Crippen LogP contribution >= 0.6 is 0 Å². The maximum absolute atomic E-state index is 5.85. The van der Waals surface area contributed by atoms with Gasteiger partial charge in [-0.15, -0.1) is 0 Å². The fraction of sp³-hybridized carbons (Fsp3) is 0.714. The van der Waals surface area contributed by atoms with Crippen LogP contribution in [0.3, 0.4) is 0 Å². The highest BCUT2D eigenvalue weighted by Crippen LogP contribution is 2.16. The lowest BCUT2D eigenvalue weighted by molar-refractivity contribution is 0.182. The molecular weight excluding hydrogens is 238 g/mol. The molecule has 0 fully saturated rings. The average molecular weight is 265 g/mol. The third-order valence-electron chi connectivity index (χ3n) is 3.28. The molecule has 19 heavy (non-hydrogen) atoms. The Morgan fingerprint density at radius 2 is 1.68 bits per heavy atom. The predicted octanol–water partition coefficient (Wildman–Crippen LogP) is 2.21. The second-order valence-electron chi connectivity index (χ2n) is 5.48. The lowest BCUT2D eigenvalue weighted by Gasteiger charge is -2.30. The summed E-state index contributed by atoms with van der Waals surface area (Å²) in [5.41, 5.74) is 6.77. The first kappa shape index (κ1) is 15.7. The summed E-state index contributed by atoms with van der Waals surface area (Å²) in [4.78, 5) is 11.0. The molecule has 0 spiro atoms. The van der Waals surface area contributed by atoms with E-state index in [4.69, 9.17) is 5.73 Å². The number of rotatable bonds is 6. The minimum atomic E-state index is 0.542. The van der Waals surface area contributed by atoms with Crippen LogP contribution in [0, 0.1) is 13.8 Å². The van der Waals surface area contributed by atoms with E-state index in [-0.39, 0.29) is 0 Å². The molecule has 0 amide bonds. The number of nitrogen functional groups attached to an aromatic ring is 1. The van der Waals surface area contributed by atoms with Crippen molar-refractivity contribution in [3.05, 3.63) is 11.4 Å². The first-order valence-electron chi connectivity index (χ1n) is 6.93. The van der Waals surface area contributed by atoms with Crippen molar-refractivity contribution in [2.24, 2.45) is 0 Å². The van der Waals surface area contributed by atoms with E-state index in [1.165, 1.54) is 0 Å². The van der Waals surface area contributed by atoms with Gasteiger partial charge in [-0.2, -0.15) is 0 Å². The van der Waals surface area contributed by atoms with E-state index in [1.54, 1.807) is 0 Å². The molecule has 0 saturated carbocycles. The van der Waals surface area contributed by atoms with Gasteiger partial charge in [-0.25, -0.2) is 9.97 Å². The molecule has 5 heteroatoms. The largest absolute Gasteiger partial charge is 0.383 e. The number of nitrogens with two attached hydrogens (primary N) is 1. The zero-order valence-corrected chi connectivity index (χ0v) is 13.0. The van der Waals surface area contributed by atoms with Gasteiger partial charge in [0.1, 0.15) is 17.5 Å². The molecule has 0 radical (unpaired) electrons. The van der Waals surface area contributed by atoms with Crippen LogP contribution in [0.5, 0.6) is 0 Å². The zero-order valence-electron chi connectivity index (χ0n) is 13.0. The maximum Gasteiger partial charge on any atom is 0.134 e. The Bertz CT molecular complexity index is 407. The number of aromatic nitrogens is 2. The molecule has 0 bridgehead atoms. The first-order valence-corrected chi connectivity index (χ1v) is 6.93. The van der Waals surface area contributed by atoms with E-state index < -0.39 is 0 Å². The van der Waals surface area contributed by atoms with Crippen LogP contribution in [0.15, 0.2) is 0 Å². The number of hydrogen-bond acceptors (Lipinski definition) is 5. The second-order valence-corrected chi connectivity index (χ2v) is 5.48. The molecule has 0 saturated heterocycles. The van der Waals surface area contributed by atoms with Crippen molar-refractivity contribution in [1.82, 2.24) is 14.9 Å². The Hall–Kier alpha value is -1.36. The molecule has 108 valence electrons. The van der Waals surface area contributed by atoms with Crippen LogP contribution in [0.2, 0.25) is 0 Å². The number of nitrogens with one attached hydrogen (secondary N) is 1. The molecule has 1 aromatic rings. The van der Waals surface area contributed by atoms with Crippen LogP contribution in [-0.2, 0) is 0 Å². The Labute approximate surface area is 116 Å². The zero-order chi connectivity index (χ0) is 14.6. The highest BCUT2D eigenvalue weighted by atomic mass is 15.2. The lowest BCUT2D eigenvalue weighted by atomic mass is 10.2. The summed E-state index contributed by atoms with van der Waals surface area (Å²) in [6.07, 6.45) is 0. The topological polar surface area (TPSA) is 67.1 Å². The summed E-state index contributed by atoms with van der Waals surface area (Å²) in [7, 11) is 0. The first-order chi connectivity index (χ1) is 8.82. The van der Waals surface area contributed by atoms with Crippen molar-refractivity contribution in [1.29, 1.82) is 0 Å². The number of hydrogen-bond donors (Lipinski definition) is 2. The highest BCUT2D eigenvalue weighted by molar-refractivity contribution is 5.54. The third-order valence-corrected chi connectivity index (χ3v) is 3.28. The molecule has 3 N–H and O–H groups in total. The predicted molar refractivity (Wildman–Crippen MR) is 81.4 cm³/mol. The Balaban J connectivity index is 2.62. The third kappa shape index (κ3) is 4.35. The molecule has 0 aliphatic carbocycles. The monoisotopic (exact) mass is 265 g/mol. The Morgan fingerprint density at radius 1 is 1.11 bits per heavy atom. The molecule has 1 rings (SSSR count). The van der Waals surface area contributed by atoms with Crippen molar-refractivity contribution < 1.29 is 0 Å². The standard InChI is InChI=1S/C14H27N5/c1-9(2)19(10(3)4)8-7-16-14-11(5)13(15)17-12(6)18-14/h9-10H,7-8H2,1-6H3,(H3,15,16,17,18). The van der Waals surface area contributed by atoms with Crippen molar-refractivity contribution in [3.8, 4) is 0 Å². The van der Waals surface area contributed by atoms with Gasteiger partial charge in [-0.1, -0.05) is 0 Å². The molecule has 0 aliphatic heterocycles. The van der Waals surface area contributed by atoms with Crippen LogP contribution in [-0.4, -0.2) is 40.0 Å². The van der Waals surface area contributed by atoms with E-state index in [1.807, 2.05) is 13.8 Å². The minimum Gasteiger partial charge on any atom is -0.383 e. The van der Waals surface area contributed by atoms with Crippen LogP contribution in [0.25, 0.3) is 0 Å². The SMILES string of the molecule is Cc1nc(N)c(C)c(NCCN(C(C)C)C(C)C)n1. The Morgan fingerprint density at radius 3 is 2.21 bits per heavy atom. The quantitative estimate of drug-likeness (QED) is 0.825. The van der Waals surface area contributed by atoms with Gasteiger partial charge in [-0.3, -0.25) is 4.90 Å². The van der Waals surface area contributed by atoms with Gasteiger partial charge >= 0.3 is 0 Å². The van der Waals surface area contributed by atoms with Crippen LogP contribution in [0.1, 0.15) is 39.1 Å². The summed E-state index contributed by atoms with van der Waals surface area (Å²) < 4.78 is 0. The van der Waals surface area contributed by atoms with Crippen molar-refractivity contribution in [3.63, 3.8) is 0 Å². The number of nitrogens with zero attached hydrogens (tertiary/aromatic N) is 3. The fourth-order valence-electron chi connectivity index (χ4n) is 2.24. The molecule has 1 aromatic heterocycles. The van der Waals surface area contributed by atoms with Crippen molar-refractivity contribution in [2.45, 2.75) is 53.6 Å². The van der Waals surface area contributed by atoms with E-state index in [0.29, 0.717) is 23.7 Å². The molecule has 0 aromatic carbocycles. The van der Waals surface area contributed by atoms with Gasteiger partial charge < -0.3 is 11.1 Å². The van der Waals surface area contributed by atoms with Gasteiger partial charge in [0.2, 0.25) is 0 Å². The lowest BCUT2D eigenvalue weighted by Crippen LogP contribution is -2.40. The Kier molecular flexibility index (Phi) is 5.54. The number of aryl methyl sites for hydroxylation is 1. The summed E-state index contributed by atoms with van der Waals surface area (Å²) in [5.74, 6) is 2.10. The molecule has 0 unspecified atom stereocenters. The second kappa shape index (κ2) is 6.70. The normalized spacial score (nSPS) is 11.6. The minimum absolute atomic E-state index is 0.542. The number of anilines is 2. The highest BCUT2D eigenvalue weighted by Gasteiger charge is 2.13. The van der Waals surface area contributed by atoms with Crippen LogP contribution < -0.4 is 11.1 Å². The summed E-state index contributed by atoms with van der Waals surface area (Å²) in [5, 5.41) is 3.36. The van der Waals surface area contributed by atoms with E-state index in [9.17, 15) is 0 Å². The van der Waals surface area contributed by atoms with Gasteiger partial charge in [-0.05, 0) is 41.5 Å². The van der Waals surface area contributed by atoms with E-state index in [0.717, 1.165) is 24.5 Å². The smallest absolute Gasteiger partial charge is 0.134 e. The van der Waals surface area contributed by atoms with Gasteiger partial charge in [0.25, 0.3) is 0 Å². The molecule has 0 aliphatic rings. The average Bonchev–Trinajstić information content (AvgIpc) is 2.29. The molecule has 0 atom stereocenters.